The van der Waals surface area contributed by atoms with Crippen LogP contribution in [-0.2, 0) is 13.6 Å². The quantitative estimate of drug-likeness (QED) is 0.852. The molecule has 2 aromatic rings. The summed E-state index contributed by atoms with van der Waals surface area (Å²) < 4.78 is 1.74. The Morgan fingerprint density at radius 2 is 2.28 bits per heavy atom. The lowest BCUT2D eigenvalue weighted by atomic mass is 10.2. The molecule has 0 bridgehead atoms. The fourth-order valence-corrected chi connectivity index (χ4v) is 1.60. The Bertz CT molecular complexity index is 584. The van der Waals surface area contributed by atoms with E-state index < -0.39 is 0 Å². The van der Waals surface area contributed by atoms with Gasteiger partial charge in [0.1, 0.15) is 11.6 Å². The SMILES string of the molecule is CC(C)c1nc(NCc2cnn(C)c2)cc(=O)[nH]1. The lowest BCUT2D eigenvalue weighted by molar-refractivity contribution is 0.765. The van der Waals surface area contributed by atoms with E-state index in [0.717, 1.165) is 5.56 Å². The minimum Gasteiger partial charge on any atom is -0.366 e. The number of aromatic amines is 1. The summed E-state index contributed by atoms with van der Waals surface area (Å²) in [6, 6.07) is 1.46. The van der Waals surface area contributed by atoms with Crippen LogP contribution in [0.3, 0.4) is 0 Å². The summed E-state index contributed by atoms with van der Waals surface area (Å²) in [6.07, 6.45) is 3.70. The molecule has 0 spiro atoms. The molecule has 0 saturated heterocycles. The average Bonchev–Trinajstić information content (AvgIpc) is 2.72. The van der Waals surface area contributed by atoms with Gasteiger partial charge in [0.2, 0.25) is 0 Å². The minimum absolute atomic E-state index is 0.137. The van der Waals surface area contributed by atoms with E-state index in [1.165, 1.54) is 6.07 Å². The zero-order chi connectivity index (χ0) is 13.1. The second-order valence-corrected chi connectivity index (χ2v) is 4.55. The largest absolute Gasteiger partial charge is 0.366 e. The van der Waals surface area contributed by atoms with E-state index in [9.17, 15) is 4.79 Å². The van der Waals surface area contributed by atoms with Crippen molar-refractivity contribution in [1.82, 2.24) is 19.7 Å². The van der Waals surface area contributed by atoms with E-state index in [1.54, 1.807) is 10.9 Å². The minimum atomic E-state index is -0.137. The molecular weight excluding hydrogens is 230 g/mol. The molecule has 0 radical (unpaired) electrons. The predicted molar refractivity (Wildman–Crippen MR) is 69.5 cm³/mol. The van der Waals surface area contributed by atoms with Gasteiger partial charge in [-0.25, -0.2) is 4.98 Å². The molecule has 0 saturated carbocycles. The highest BCUT2D eigenvalue weighted by molar-refractivity contribution is 5.34. The van der Waals surface area contributed by atoms with E-state index in [4.69, 9.17) is 0 Å². The highest BCUT2D eigenvalue weighted by atomic mass is 16.1. The van der Waals surface area contributed by atoms with Gasteiger partial charge in [0.05, 0.1) is 6.20 Å². The third kappa shape index (κ3) is 2.97. The number of hydrogen-bond acceptors (Lipinski definition) is 4. The van der Waals surface area contributed by atoms with Gasteiger partial charge in [-0.15, -0.1) is 0 Å². The van der Waals surface area contributed by atoms with Crippen LogP contribution in [0.15, 0.2) is 23.3 Å². The topological polar surface area (TPSA) is 75.6 Å². The van der Waals surface area contributed by atoms with Crippen LogP contribution in [0.5, 0.6) is 0 Å². The molecule has 6 nitrogen and oxygen atoms in total. The van der Waals surface area contributed by atoms with Gasteiger partial charge < -0.3 is 10.3 Å². The smallest absolute Gasteiger partial charge is 0.252 e. The van der Waals surface area contributed by atoms with Crippen LogP contribution in [0.2, 0.25) is 0 Å². The molecule has 0 atom stereocenters. The number of aromatic nitrogens is 4. The Kier molecular flexibility index (Phi) is 3.45. The monoisotopic (exact) mass is 247 g/mol. The fraction of sp³-hybridized carbons (Fsp3) is 0.417. The number of hydrogen-bond donors (Lipinski definition) is 2. The van der Waals surface area contributed by atoms with Crippen molar-refractivity contribution in [3.8, 4) is 0 Å². The summed E-state index contributed by atoms with van der Waals surface area (Å²) in [4.78, 5) is 18.6. The molecule has 18 heavy (non-hydrogen) atoms. The number of anilines is 1. The van der Waals surface area contributed by atoms with Crippen molar-refractivity contribution in [3.63, 3.8) is 0 Å². The van der Waals surface area contributed by atoms with E-state index in [2.05, 4.69) is 20.4 Å². The molecule has 0 aliphatic heterocycles. The summed E-state index contributed by atoms with van der Waals surface area (Å²) in [6.45, 7) is 4.58. The van der Waals surface area contributed by atoms with Crippen LogP contribution in [0.4, 0.5) is 5.82 Å². The van der Waals surface area contributed by atoms with Gasteiger partial charge in [0.15, 0.2) is 0 Å². The molecule has 6 heteroatoms. The first kappa shape index (κ1) is 12.3. The summed E-state index contributed by atoms with van der Waals surface area (Å²) in [7, 11) is 1.87. The number of H-pyrrole nitrogens is 1. The molecule has 2 heterocycles. The fourth-order valence-electron chi connectivity index (χ4n) is 1.60. The molecule has 0 aromatic carbocycles. The maximum absolute atomic E-state index is 11.5. The van der Waals surface area contributed by atoms with Crippen LogP contribution < -0.4 is 10.9 Å². The zero-order valence-corrected chi connectivity index (χ0v) is 10.8. The molecular formula is C12H17N5O. The first-order valence-corrected chi connectivity index (χ1v) is 5.87. The maximum atomic E-state index is 11.5. The summed E-state index contributed by atoms with van der Waals surface area (Å²) >= 11 is 0. The molecule has 0 amide bonds. The molecule has 2 aromatic heterocycles. The van der Waals surface area contributed by atoms with Crippen LogP contribution in [-0.4, -0.2) is 19.7 Å². The van der Waals surface area contributed by atoms with Crippen LogP contribution >= 0.6 is 0 Å². The van der Waals surface area contributed by atoms with Gasteiger partial charge in [0, 0.05) is 37.3 Å². The molecule has 0 aliphatic rings. The van der Waals surface area contributed by atoms with Crippen molar-refractivity contribution in [3.05, 3.63) is 40.2 Å². The molecule has 0 unspecified atom stereocenters. The zero-order valence-electron chi connectivity index (χ0n) is 10.8. The van der Waals surface area contributed by atoms with Crippen molar-refractivity contribution >= 4 is 5.82 Å². The third-order valence-corrected chi connectivity index (χ3v) is 2.54. The second-order valence-electron chi connectivity index (χ2n) is 4.55. The van der Waals surface area contributed by atoms with Gasteiger partial charge >= 0.3 is 0 Å². The van der Waals surface area contributed by atoms with E-state index in [-0.39, 0.29) is 11.5 Å². The second kappa shape index (κ2) is 5.03. The number of nitrogens with zero attached hydrogens (tertiary/aromatic N) is 3. The summed E-state index contributed by atoms with van der Waals surface area (Å²) in [5.41, 5.74) is 0.910. The maximum Gasteiger partial charge on any atom is 0.252 e. The molecule has 0 aliphatic carbocycles. The normalized spacial score (nSPS) is 10.9. The number of aryl methyl sites for hydroxylation is 1. The first-order valence-electron chi connectivity index (χ1n) is 5.87. The van der Waals surface area contributed by atoms with Crippen LogP contribution in [0.1, 0.15) is 31.2 Å². The molecule has 2 N–H and O–H groups in total. The number of rotatable bonds is 4. The van der Waals surface area contributed by atoms with Crippen molar-refractivity contribution in [2.45, 2.75) is 26.3 Å². The van der Waals surface area contributed by atoms with E-state index in [0.29, 0.717) is 18.2 Å². The van der Waals surface area contributed by atoms with Crippen molar-refractivity contribution in [2.75, 3.05) is 5.32 Å². The Hall–Kier alpha value is -2.11. The molecule has 0 fully saturated rings. The highest BCUT2D eigenvalue weighted by Gasteiger charge is 2.05. The Balaban J connectivity index is 2.11. The highest BCUT2D eigenvalue weighted by Crippen LogP contribution is 2.09. The molecule has 2 rings (SSSR count). The van der Waals surface area contributed by atoms with Crippen molar-refractivity contribution < 1.29 is 0 Å². The lowest BCUT2D eigenvalue weighted by Gasteiger charge is -2.08. The Morgan fingerprint density at radius 1 is 1.50 bits per heavy atom. The van der Waals surface area contributed by atoms with Crippen molar-refractivity contribution in [1.29, 1.82) is 0 Å². The van der Waals surface area contributed by atoms with Crippen LogP contribution in [0.25, 0.3) is 0 Å². The number of nitrogens with one attached hydrogen (secondary N) is 2. The Morgan fingerprint density at radius 3 is 2.89 bits per heavy atom. The van der Waals surface area contributed by atoms with Gasteiger partial charge in [0.25, 0.3) is 5.56 Å². The van der Waals surface area contributed by atoms with Gasteiger partial charge in [-0.1, -0.05) is 13.8 Å². The Labute approximate surface area is 105 Å². The summed E-state index contributed by atoms with van der Waals surface area (Å²) in [5.74, 6) is 1.47. The first-order chi connectivity index (χ1) is 8.54. The third-order valence-electron chi connectivity index (χ3n) is 2.54. The lowest BCUT2D eigenvalue weighted by Crippen LogP contribution is -2.14. The standard InChI is InChI=1S/C12H17N5O/c1-8(2)12-15-10(4-11(18)16-12)13-5-9-6-14-17(3)7-9/h4,6-8H,5H2,1-3H3,(H2,13,15,16,18). The summed E-state index contributed by atoms with van der Waals surface area (Å²) in [5, 5.41) is 7.21. The van der Waals surface area contributed by atoms with Crippen molar-refractivity contribution in [2.24, 2.45) is 7.05 Å². The molecule has 96 valence electrons. The van der Waals surface area contributed by atoms with Gasteiger partial charge in [-0.3, -0.25) is 9.48 Å². The van der Waals surface area contributed by atoms with Gasteiger partial charge in [-0.05, 0) is 0 Å². The van der Waals surface area contributed by atoms with Crippen LogP contribution in [0, 0.1) is 0 Å². The average molecular weight is 247 g/mol. The van der Waals surface area contributed by atoms with E-state index >= 15 is 0 Å². The predicted octanol–water partition coefficient (Wildman–Crippen LogP) is 1.24. The van der Waals surface area contributed by atoms with Gasteiger partial charge in [-0.2, -0.15) is 5.10 Å². The van der Waals surface area contributed by atoms with E-state index in [1.807, 2.05) is 27.1 Å².